The van der Waals surface area contributed by atoms with E-state index in [1.807, 2.05) is 6.92 Å². The number of piperazine rings is 1. The van der Waals surface area contributed by atoms with Crippen LogP contribution in [-0.4, -0.2) is 56.4 Å². The van der Waals surface area contributed by atoms with E-state index < -0.39 is 4.92 Å². The van der Waals surface area contributed by atoms with Crippen molar-refractivity contribution in [1.82, 2.24) is 25.2 Å². The first-order chi connectivity index (χ1) is 11.0. The third-order valence-electron chi connectivity index (χ3n) is 3.67. The molecule has 0 bridgehead atoms. The maximum absolute atomic E-state index is 12.4. The summed E-state index contributed by atoms with van der Waals surface area (Å²) in [6, 6.07) is 6.25. The molecule has 1 atom stereocenters. The summed E-state index contributed by atoms with van der Waals surface area (Å²) >= 11 is 0. The number of amides is 1. The SMILES string of the molecule is CC1CN(C(=O)c2cn(-c3cccc([N+](=O)[O-])c3)nn2)CCN1.Cl. The van der Waals surface area contributed by atoms with E-state index in [0.29, 0.717) is 18.8 Å². The lowest BCUT2D eigenvalue weighted by Crippen LogP contribution is -2.51. The van der Waals surface area contributed by atoms with Crippen LogP contribution in [0.2, 0.25) is 0 Å². The first kappa shape index (κ1) is 17.8. The first-order valence-corrected chi connectivity index (χ1v) is 7.24. The Balaban J connectivity index is 0.00000208. The fourth-order valence-electron chi connectivity index (χ4n) is 2.52. The lowest BCUT2D eigenvalue weighted by molar-refractivity contribution is -0.384. The molecule has 1 amide bonds. The number of nitrogens with zero attached hydrogens (tertiary/aromatic N) is 5. The second kappa shape index (κ2) is 7.37. The molecule has 1 unspecified atom stereocenters. The summed E-state index contributed by atoms with van der Waals surface area (Å²) < 4.78 is 1.37. The number of halogens is 1. The van der Waals surface area contributed by atoms with E-state index >= 15 is 0 Å². The van der Waals surface area contributed by atoms with Crippen LogP contribution in [0.1, 0.15) is 17.4 Å². The molecule has 1 fully saturated rings. The van der Waals surface area contributed by atoms with Crippen molar-refractivity contribution >= 4 is 24.0 Å². The zero-order valence-corrected chi connectivity index (χ0v) is 13.8. The maximum Gasteiger partial charge on any atom is 0.276 e. The molecule has 2 aromatic rings. The molecule has 1 aromatic carbocycles. The van der Waals surface area contributed by atoms with E-state index in [0.717, 1.165) is 6.54 Å². The van der Waals surface area contributed by atoms with E-state index in [2.05, 4.69) is 15.6 Å². The Morgan fingerprint density at radius 3 is 2.96 bits per heavy atom. The Morgan fingerprint density at radius 1 is 1.46 bits per heavy atom. The number of nitrogens with one attached hydrogen (secondary N) is 1. The van der Waals surface area contributed by atoms with Gasteiger partial charge in [0.1, 0.15) is 0 Å². The van der Waals surface area contributed by atoms with E-state index in [9.17, 15) is 14.9 Å². The fraction of sp³-hybridized carbons (Fsp3) is 0.357. The molecule has 2 heterocycles. The van der Waals surface area contributed by atoms with Gasteiger partial charge in [0.05, 0.1) is 16.8 Å². The highest BCUT2D eigenvalue weighted by molar-refractivity contribution is 5.92. The van der Waals surface area contributed by atoms with Gasteiger partial charge in [0.2, 0.25) is 0 Å². The normalized spacial score (nSPS) is 17.2. The number of hydrogen-bond donors (Lipinski definition) is 1. The minimum Gasteiger partial charge on any atom is -0.334 e. The number of nitro benzene ring substituents is 1. The average molecular weight is 353 g/mol. The second-order valence-electron chi connectivity index (χ2n) is 5.43. The van der Waals surface area contributed by atoms with Crippen molar-refractivity contribution in [2.75, 3.05) is 19.6 Å². The molecule has 1 N–H and O–H groups in total. The number of non-ortho nitro benzene ring substituents is 1. The van der Waals surface area contributed by atoms with Gasteiger partial charge < -0.3 is 10.2 Å². The van der Waals surface area contributed by atoms with E-state index in [1.165, 1.54) is 23.0 Å². The van der Waals surface area contributed by atoms with Crippen molar-refractivity contribution in [2.24, 2.45) is 0 Å². The molecule has 1 aliphatic rings. The van der Waals surface area contributed by atoms with Crippen molar-refractivity contribution in [2.45, 2.75) is 13.0 Å². The van der Waals surface area contributed by atoms with Crippen LogP contribution in [0.15, 0.2) is 30.5 Å². The van der Waals surface area contributed by atoms with Crippen LogP contribution >= 0.6 is 12.4 Å². The number of hydrogen-bond acceptors (Lipinski definition) is 6. The summed E-state index contributed by atoms with van der Waals surface area (Å²) in [5, 5.41) is 21.9. The number of nitro groups is 1. The fourth-order valence-corrected chi connectivity index (χ4v) is 2.52. The molecule has 0 radical (unpaired) electrons. The highest BCUT2D eigenvalue weighted by Gasteiger charge is 2.24. The second-order valence-corrected chi connectivity index (χ2v) is 5.43. The van der Waals surface area contributed by atoms with Crippen LogP contribution in [0.4, 0.5) is 5.69 Å². The third kappa shape index (κ3) is 3.69. The van der Waals surface area contributed by atoms with E-state index in [1.54, 1.807) is 17.0 Å². The van der Waals surface area contributed by atoms with E-state index in [-0.39, 0.29) is 35.7 Å². The first-order valence-electron chi connectivity index (χ1n) is 7.24. The smallest absolute Gasteiger partial charge is 0.276 e. The van der Waals surface area contributed by atoms with Gasteiger partial charge in [-0.2, -0.15) is 0 Å². The Hall–Kier alpha value is -2.52. The Labute approximate surface area is 144 Å². The molecule has 1 aromatic heterocycles. The molecule has 0 aliphatic carbocycles. The van der Waals surface area contributed by atoms with Crippen molar-refractivity contribution in [3.63, 3.8) is 0 Å². The zero-order chi connectivity index (χ0) is 16.4. The number of carbonyl (C=O) groups is 1. The Kier molecular flexibility index (Phi) is 5.47. The van der Waals surface area contributed by atoms with Crippen LogP contribution in [-0.2, 0) is 0 Å². The van der Waals surface area contributed by atoms with Gasteiger partial charge >= 0.3 is 0 Å². The third-order valence-corrected chi connectivity index (χ3v) is 3.67. The van der Waals surface area contributed by atoms with Crippen LogP contribution in [0.5, 0.6) is 0 Å². The maximum atomic E-state index is 12.4. The number of aromatic nitrogens is 3. The van der Waals surface area contributed by atoms with Crippen molar-refractivity contribution < 1.29 is 9.72 Å². The monoisotopic (exact) mass is 352 g/mol. The summed E-state index contributed by atoms with van der Waals surface area (Å²) in [5.74, 6) is -0.185. The lowest BCUT2D eigenvalue weighted by atomic mass is 10.2. The topological polar surface area (TPSA) is 106 Å². The minimum atomic E-state index is -0.478. The molecule has 0 saturated carbocycles. The van der Waals surface area contributed by atoms with Crippen LogP contribution in [0.25, 0.3) is 5.69 Å². The minimum absolute atomic E-state index is 0. The largest absolute Gasteiger partial charge is 0.334 e. The summed E-state index contributed by atoms with van der Waals surface area (Å²) in [4.78, 5) is 24.5. The standard InChI is InChI=1S/C14H16N6O3.ClH/c1-10-8-18(6-5-15-10)14(21)13-9-19(17-16-13)11-3-2-4-12(7-11)20(22)23;/h2-4,7,9-10,15H,5-6,8H2,1H3;1H. The van der Waals surface area contributed by atoms with Gasteiger partial charge in [-0.1, -0.05) is 11.3 Å². The van der Waals surface area contributed by atoms with Gasteiger partial charge in [-0.15, -0.1) is 17.5 Å². The zero-order valence-electron chi connectivity index (χ0n) is 13.0. The average Bonchev–Trinajstić information content (AvgIpc) is 3.04. The van der Waals surface area contributed by atoms with Crippen LogP contribution in [0.3, 0.4) is 0 Å². The highest BCUT2D eigenvalue weighted by atomic mass is 35.5. The highest BCUT2D eigenvalue weighted by Crippen LogP contribution is 2.16. The molecular weight excluding hydrogens is 336 g/mol. The molecule has 9 nitrogen and oxygen atoms in total. The van der Waals surface area contributed by atoms with Crippen molar-refractivity contribution in [1.29, 1.82) is 0 Å². The molecule has 128 valence electrons. The molecule has 24 heavy (non-hydrogen) atoms. The Bertz CT molecular complexity index is 750. The number of rotatable bonds is 3. The van der Waals surface area contributed by atoms with Gasteiger partial charge in [-0.25, -0.2) is 4.68 Å². The van der Waals surface area contributed by atoms with Gasteiger partial charge in [0.25, 0.3) is 11.6 Å². The van der Waals surface area contributed by atoms with Crippen LogP contribution in [0, 0.1) is 10.1 Å². The quantitative estimate of drug-likeness (QED) is 0.653. The summed E-state index contributed by atoms with van der Waals surface area (Å²) in [7, 11) is 0. The predicted molar refractivity (Wildman–Crippen MR) is 88.6 cm³/mol. The van der Waals surface area contributed by atoms with Gasteiger partial charge in [0.15, 0.2) is 5.69 Å². The number of carbonyl (C=O) groups excluding carboxylic acids is 1. The molecule has 1 aliphatic heterocycles. The predicted octanol–water partition coefficient (Wildman–Crippen LogP) is 1.03. The van der Waals surface area contributed by atoms with Gasteiger partial charge in [-0.05, 0) is 13.0 Å². The summed E-state index contributed by atoms with van der Waals surface area (Å²) in [6.45, 7) is 3.99. The summed E-state index contributed by atoms with van der Waals surface area (Å²) in [5.41, 5.74) is 0.673. The van der Waals surface area contributed by atoms with E-state index in [4.69, 9.17) is 0 Å². The van der Waals surface area contributed by atoms with Gasteiger partial charge in [-0.3, -0.25) is 14.9 Å². The molecule has 3 rings (SSSR count). The lowest BCUT2D eigenvalue weighted by Gasteiger charge is -2.31. The molecule has 0 spiro atoms. The number of benzene rings is 1. The summed E-state index contributed by atoms with van der Waals surface area (Å²) in [6.07, 6.45) is 1.49. The van der Waals surface area contributed by atoms with Crippen molar-refractivity contribution in [3.05, 3.63) is 46.3 Å². The van der Waals surface area contributed by atoms with Gasteiger partial charge in [0, 0.05) is 37.8 Å². The molecule has 10 heteroatoms. The molecular formula is C14H17ClN6O3. The molecule has 1 saturated heterocycles. The van der Waals surface area contributed by atoms with Crippen molar-refractivity contribution in [3.8, 4) is 5.69 Å². The Morgan fingerprint density at radius 2 is 2.25 bits per heavy atom. The van der Waals surface area contributed by atoms with Crippen LogP contribution < -0.4 is 5.32 Å².